The van der Waals surface area contributed by atoms with Gasteiger partial charge in [-0.2, -0.15) is 8.42 Å². The fourth-order valence-electron chi connectivity index (χ4n) is 3.42. The molecule has 154 valence electrons. The first kappa shape index (κ1) is 20.9. The highest BCUT2D eigenvalue weighted by Crippen LogP contribution is 2.33. The van der Waals surface area contributed by atoms with Gasteiger partial charge in [-0.25, -0.2) is 0 Å². The van der Waals surface area contributed by atoms with Crippen LogP contribution in [0.1, 0.15) is 30.1 Å². The van der Waals surface area contributed by atoms with Crippen molar-refractivity contribution >= 4 is 21.7 Å². The summed E-state index contributed by atoms with van der Waals surface area (Å²) < 4.78 is 31.3. The van der Waals surface area contributed by atoms with E-state index >= 15 is 0 Å². The predicted octanol–water partition coefficient (Wildman–Crippen LogP) is 3.61. The van der Waals surface area contributed by atoms with E-state index in [0.717, 1.165) is 25.2 Å². The zero-order valence-corrected chi connectivity index (χ0v) is 17.3. The first-order chi connectivity index (χ1) is 13.9. The number of piperidine rings is 1. The molecule has 29 heavy (non-hydrogen) atoms. The number of carbonyl (C=O) groups excluding carboxylic acids is 1. The molecule has 0 bridgehead atoms. The molecule has 6 nitrogen and oxygen atoms in total. The van der Waals surface area contributed by atoms with Crippen LogP contribution in [0.15, 0.2) is 66.1 Å². The summed E-state index contributed by atoms with van der Waals surface area (Å²) in [6, 6.07) is 13.0. The van der Waals surface area contributed by atoms with Gasteiger partial charge in [-0.1, -0.05) is 31.2 Å². The van der Waals surface area contributed by atoms with Crippen LogP contribution in [0.4, 0.5) is 5.69 Å². The van der Waals surface area contributed by atoms with E-state index in [1.54, 1.807) is 24.3 Å². The minimum absolute atomic E-state index is 0.0643. The summed E-state index contributed by atoms with van der Waals surface area (Å²) in [5.74, 6) is 0.465. The van der Waals surface area contributed by atoms with Crippen LogP contribution in [0.25, 0.3) is 0 Å². The number of rotatable bonds is 7. The van der Waals surface area contributed by atoms with Crippen molar-refractivity contribution in [2.75, 3.05) is 24.5 Å². The molecule has 1 saturated heterocycles. The van der Waals surface area contributed by atoms with Crippen molar-refractivity contribution in [3.63, 3.8) is 0 Å². The van der Waals surface area contributed by atoms with Gasteiger partial charge in [-0.3, -0.25) is 4.79 Å². The SMILES string of the molecule is C=CCNC(=O)c1cccc(S(=O)(=O)Oc2ccccc2N2CCCC(C)C2)c1. The minimum Gasteiger partial charge on any atom is -0.377 e. The van der Waals surface area contributed by atoms with E-state index < -0.39 is 10.1 Å². The second-order valence-electron chi connectivity index (χ2n) is 7.23. The van der Waals surface area contributed by atoms with Gasteiger partial charge in [0, 0.05) is 25.2 Å². The molecule has 3 rings (SSSR count). The topological polar surface area (TPSA) is 75.7 Å². The molecule has 1 amide bonds. The summed E-state index contributed by atoms with van der Waals surface area (Å²) in [5, 5.41) is 2.63. The number of hydrogen-bond acceptors (Lipinski definition) is 5. The van der Waals surface area contributed by atoms with E-state index in [2.05, 4.69) is 23.7 Å². The molecule has 2 aromatic carbocycles. The van der Waals surface area contributed by atoms with Crippen molar-refractivity contribution in [1.29, 1.82) is 0 Å². The van der Waals surface area contributed by atoms with E-state index in [-0.39, 0.29) is 16.4 Å². The lowest BCUT2D eigenvalue weighted by Crippen LogP contribution is -2.34. The van der Waals surface area contributed by atoms with E-state index in [1.165, 1.54) is 24.6 Å². The molecule has 0 saturated carbocycles. The van der Waals surface area contributed by atoms with E-state index in [0.29, 0.717) is 18.2 Å². The van der Waals surface area contributed by atoms with Gasteiger partial charge >= 0.3 is 10.1 Å². The maximum absolute atomic E-state index is 12.9. The number of amides is 1. The van der Waals surface area contributed by atoms with Crippen LogP contribution in [-0.4, -0.2) is 34.0 Å². The molecule has 1 N–H and O–H groups in total. The van der Waals surface area contributed by atoms with Gasteiger partial charge in [0.1, 0.15) is 4.90 Å². The van der Waals surface area contributed by atoms with Crippen molar-refractivity contribution in [3.05, 3.63) is 66.7 Å². The molecule has 2 aromatic rings. The minimum atomic E-state index is -4.09. The van der Waals surface area contributed by atoms with Crippen molar-refractivity contribution in [2.24, 2.45) is 5.92 Å². The predicted molar refractivity (Wildman–Crippen MR) is 114 cm³/mol. The second-order valence-corrected chi connectivity index (χ2v) is 8.77. The fourth-order valence-corrected chi connectivity index (χ4v) is 4.41. The van der Waals surface area contributed by atoms with Gasteiger partial charge in [-0.05, 0) is 49.1 Å². The van der Waals surface area contributed by atoms with Crippen molar-refractivity contribution in [1.82, 2.24) is 5.32 Å². The second kappa shape index (κ2) is 9.13. The Morgan fingerprint density at radius 2 is 2.07 bits per heavy atom. The summed E-state index contributed by atoms with van der Waals surface area (Å²) in [6.45, 7) is 7.76. The Morgan fingerprint density at radius 3 is 2.83 bits per heavy atom. The molecule has 1 aliphatic rings. The van der Waals surface area contributed by atoms with Gasteiger partial charge < -0.3 is 14.4 Å². The molecule has 0 radical (unpaired) electrons. The number of benzene rings is 2. The Bertz CT molecular complexity index is 988. The van der Waals surface area contributed by atoms with Gasteiger partial charge in [0.05, 0.1) is 5.69 Å². The summed E-state index contributed by atoms with van der Waals surface area (Å²) in [6.07, 6.45) is 3.78. The highest BCUT2D eigenvalue weighted by molar-refractivity contribution is 7.87. The number of carbonyl (C=O) groups is 1. The van der Waals surface area contributed by atoms with Crippen LogP contribution in [0.2, 0.25) is 0 Å². The Kier molecular flexibility index (Phi) is 6.59. The maximum atomic E-state index is 12.9. The third kappa shape index (κ3) is 5.17. The molecule has 0 aliphatic carbocycles. The molecule has 1 heterocycles. The summed E-state index contributed by atoms with van der Waals surface area (Å²) in [7, 11) is -4.09. The van der Waals surface area contributed by atoms with Crippen LogP contribution in [0.3, 0.4) is 0 Å². The zero-order valence-electron chi connectivity index (χ0n) is 16.5. The highest BCUT2D eigenvalue weighted by atomic mass is 32.2. The van der Waals surface area contributed by atoms with Crippen LogP contribution >= 0.6 is 0 Å². The highest BCUT2D eigenvalue weighted by Gasteiger charge is 2.24. The molecular formula is C22H26N2O4S. The molecule has 0 spiro atoms. The smallest absolute Gasteiger partial charge is 0.339 e. The molecule has 1 fully saturated rings. The third-order valence-corrected chi connectivity index (χ3v) is 6.08. The van der Waals surface area contributed by atoms with Gasteiger partial charge in [0.25, 0.3) is 5.91 Å². The Balaban J connectivity index is 1.85. The largest absolute Gasteiger partial charge is 0.377 e. The van der Waals surface area contributed by atoms with Gasteiger partial charge in [-0.15, -0.1) is 6.58 Å². The van der Waals surface area contributed by atoms with E-state index in [1.807, 2.05) is 12.1 Å². The normalized spacial score (nSPS) is 16.9. The maximum Gasteiger partial charge on any atom is 0.339 e. The number of hydrogen-bond donors (Lipinski definition) is 1. The van der Waals surface area contributed by atoms with Crippen LogP contribution < -0.4 is 14.4 Å². The molecule has 1 unspecified atom stereocenters. The lowest BCUT2D eigenvalue weighted by Gasteiger charge is -2.33. The number of nitrogens with one attached hydrogen (secondary N) is 1. The summed E-state index contributed by atoms with van der Waals surface area (Å²) in [5.41, 5.74) is 1.01. The molecule has 0 aromatic heterocycles. The first-order valence-electron chi connectivity index (χ1n) is 9.68. The van der Waals surface area contributed by atoms with Crippen LogP contribution in [0.5, 0.6) is 5.75 Å². The zero-order chi connectivity index (χ0) is 20.9. The Labute approximate surface area is 172 Å². The molecule has 1 atom stereocenters. The third-order valence-electron chi connectivity index (χ3n) is 4.85. The lowest BCUT2D eigenvalue weighted by molar-refractivity contribution is 0.0958. The van der Waals surface area contributed by atoms with E-state index in [9.17, 15) is 13.2 Å². The Morgan fingerprint density at radius 1 is 1.28 bits per heavy atom. The number of nitrogens with zero attached hydrogens (tertiary/aromatic N) is 1. The molecule has 1 aliphatic heterocycles. The van der Waals surface area contributed by atoms with Crippen LogP contribution in [-0.2, 0) is 10.1 Å². The van der Waals surface area contributed by atoms with Crippen molar-refractivity contribution in [3.8, 4) is 5.75 Å². The molecular weight excluding hydrogens is 388 g/mol. The Hall–Kier alpha value is -2.80. The molecule has 7 heteroatoms. The van der Waals surface area contributed by atoms with Crippen LogP contribution in [0, 0.1) is 5.92 Å². The average Bonchev–Trinajstić information content (AvgIpc) is 2.72. The van der Waals surface area contributed by atoms with Crippen molar-refractivity contribution in [2.45, 2.75) is 24.7 Å². The van der Waals surface area contributed by atoms with Gasteiger partial charge in [0.2, 0.25) is 0 Å². The summed E-state index contributed by atoms with van der Waals surface area (Å²) in [4.78, 5) is 14.2. The quantitative estimate of drug-likeness (QED) is 0.553. The number of anilines is 1. The van der Waals surface area contributed by atoms with Crippen molar-refractivity contribution < 1.29 is 17.4 Å². The fraction of sp³-hybridized carbons (Fsp3) is 0.318. The number of para-hydroxylation sites is 2. The monoisotopic (exact) mass is 414 g/mol. The first-order valence-corrected chi connectivity index (χ1v) is 11.1. The van der Waals surface area contributed by atoms with Gasteiger partial charge in [0.15, 0.2) is 5.75 Å². The standard InChI is InChI=1S/C22H26N2O4S/c1-3-13-23-22(25)18-9-6-10-19(15-18)29(26,27)28-21-12-5-4-11-20(21)24-14-7-8-17(2)16-24/h3-6,9-12,15,17H,1,7-8,13-14,16H2,2H3,(H,23,25). The summed E-state index contributed by atoms with van der Waals surface area (Å²) >= 11 is 0. The average molecular weight is 415 g/mol. The lowest BCUT2D eigenvalue weighted by atomic mass is 10.00. The van der Waals surface area contributed by atoms with E-state index in [4.69, 9.17) is 4.18 Å².